The third-order valence-electron chi connectivity index (χ3n) is 11.2. The van der Waals surface area contributed by atoms with Gasteiger partial charge in [0.25, 0.3) is 0 Å². The smallest absolute Gasteiger partial charge is 0.128 e. The largest absolute Gasteiger partial charge is 0.507 e. The van der Waals surface area contributed by atoms with Gasteiger partial charge >= 0.3 is 0 Å². The first-order valence-corrected chi connectivity index (χ1v) is 24.2. The molecule has 3 aromatic rings. The van der Waals surface area contributed by atoms with Gasteiger partial charge in [0.1, 0.15) is 23.0 Å². The van der Waals surface area contributed by atoms with Crippen molar-refractivity contribution in [3.8, 4) is 23.0 Å². The van der Waals surface area contributed by atoms with Gasteiger partial charge in [-0.05, 0) is 55.3 Å². The molecule has 0 heterocycles. The Morgan fingerprint density at radius 3 is 1.12 bits per heavy atom. The lowest BCUT2D eigenvalue weighted by atomic mass is 10.0. The summed E-state index contributed by atoms with van der Waals surface area (Å²) in [7, 11) is 0. The highest BCUT2D eigenvalue weighted by Crippen LogP contribution is 2.33. The predicted octanol–water partition coefficient (Wildman–Crippen LogP) is 17.0. The van der Waals surface area contributed by atoms with E-state index in [1.807, 2.05) is 12.1 Å². The molecule has 0 aliphatic carbocycles. The van der Waals surface area contributed by atoms with Gasteiger partial charge in [0.15, 0.2) is 0 Å². The molecule has 328 valence electrons. The molecule has 59 heavy (non-hydrogen) atoms. The summed E-state index contributed by atoms with van der Waals surface area (Å²) in [5.74, 6) is 1.49. The Hall–Kier alpha value is -3.51. The van der Waals surface area contributed by atoms with Crippen LogP contribution in [-0.4, -0.2) is 35.9 Å². The van der Waals surface area contributed by atoms with E-state index in [-0.39, 0.29) is 11.5 Å². The Kier molecular flexibility index (Phi) is 28.1. The van der Waals surface area contributed by atoms with Crippen molar-refractivity contribution in [3.63, 3.8) is 0 Å². The van der Waals surface area contributed by atoms with E-state index in [4.69, 9.17) is 21.1 Å². The Balaban J connectivity index is 1.32. The summed E-state index contributed by atoms with van der Waals surface area (Å²) in [5.41, 5.74) is 2.25. The van der Waals surface area contributed by atoms with Gasteiger partial charge < -0.3 is 19.7 Å². The maximum absolute atomic E-state index is 10.7. The number of phenols is 2. The number of nitrogens with zero attached hydrogens (tertiary/aromatic N) is 2. The van der Waals surface area contributed by atoms with E-state index >= 15 is 0 Å². The lowest BCUT2D eigenvalue weighted by Crippen LogP contribution is -1.97. The molecule has 0 atom stereocenters. The number of phenolic OH excluding ortho intramolecular Hbond substituents is 2. The zero-order chi connectivity index (χ0) is 42.0. The Bertz CT molecular complexity index is 1570. The van der Waals surface area contributed by atoms with Gasteiger partial charge in [-0.2, -0.15) is 0 Å². The van der Waals surface area contributed by atoms with Gasteiger partial charge in [-0.3, -0.25) is 9.98 Å². The molecule has 0 saturated carbocycles. The van der Waals surface area contributed by atoms with Crippen molar-refractivity contribution >= 4 is 35.4 Å². The van der Waals surface area contributed by atoms with E-state index in [2.05, 4.69) is 23.8 Å². The fraction of sp³-hybridized carbons (Fsp3) is 0.615. The third-order valence-corrected chi connectivity index (χ3v) is 11.4. The molecule has 0 spiro atoms. The molecule has 0 aliphatic rings. The third kappa shape index (κ3) is 23.8. The Morgan fingerprint density at radius 1 is 0.424 bits per heavy atom. The van der Waals surface area contributed by atoms with Crippen molar-refractivity contribution in [1.82, 2.24) is 0 Å². The monoisotopic (exact) mass is 831 g/mol. The molecule has 2 N–H and O–H groups in total. The van der Waals surface area contributed by atoms with E-state index < -0.39 is 0 Å². The second kappa shape index (κ2) is 33.2. The number of benzene rings is 3. The molecule has 0 aliphatic heterocycles. The van der Waals surface area contributed by atoms with Crippen molar-refractivity contribution in [2.45, 2.75) is 194 Å². The van der Waals surface area contributed by atoms with Gasteiger partial charge in [-0.1, -0.05) is 192 Å². The van der Waals surface area contributed by atoms with Crippen LogP contribution in [0.25, 0.3) is 0 Å². The highest BCUT2D eigenvalue weighted by Gasteiger charge is 2.07. The van der Waals surface area contributed by atoms with Crippen LogP contribution in [0, 0.1) is 0 Å². The minimum Gasteiger partial charge on any atom is -0.507 e. The average molecular weight is 832 g/mol. The molecule has 7 heteroatoms. The first-order valence-electron chi connectivity index (χ1n) is 23.8. The van der Waals surface area contributed by atoms with E-state index in [0.29, 0.717) is 52.2 Å². The number of aliphatic imine (C=N–C) groups is 2. The molecule has 0 aromatic heterocycles. The number of unbranched alkanes of at least 4 members (excludes halogenated alkanes) is 26. The van der Waals surface area contributed by atoms with Crippen molar-refractivity contribution < 1.29 is 19.7 Å². The van der Waals surface area contributed by atoms with Crippen LogP contribution in [0.4, 0.5) is 11.4 Å². The predicted molar refractivity (Wildman–Crippen MR) is 254 cm³/mol. The van der Waals surface area contributed by atoms with Crippen LogP contribution in [0.3, 0.4) is 0 Å². The van der Waals surface area contributed by atoms with Gasteiger partial charge in [0.05, 0.1) is 24.6 Å². The zero-order valence-corrected chi connectivity index (χ0v) is 37.8. The summed E-state index contributed by atoms with van der Waals surface area (Å²) in [5, 5.41) is 22.0. The highest BCUT2D eigenvalue weighted by molar-refractivity contribution is 6.31. The maximum Gasteiger partial charge on any atom is 0.128 e. The highest BCUT2D eigenvalue weighted by atomic mass is 35.5. The van der Waals surface area contributed by atoms with Gasteiger partial charge in [0, 0.05) is 40.7 Å². The minimum atomic E-state index is 0.0934. The number of rotatable bonds is 36. The molecule has 0 saturated heterocycles. The van der Waals surface area contributed by atoms with Gasteiger partial charge in [-0.25, -0.2) is 0 Å². The molecule has 6 nitrogen and oxygen atoms in total. The second-order valence-corrected chi connectivity index (χ2v) is 16.9. The first-order chi connectivity index (χ1) is 29.0. The fourth-order valence-corrected chi connectivity index (χ4v) is 7.57. The normalized spacial score (nSPS) is 11.6. The molecule has 3 aromatic carbocycles. The second-order valence-electron chi connectivity index (χ2n) is 16.5. The zero-order valence-electron chi connectivity index (χ0n) is 37.0. The van der Waals surface area contributed by atoms with Crippen molar-refractivity contribution in [2.24, 2.45) is 9.98 Å². The molecule has 0 amide bonds. The van der Waals surface area contributed by atoms with Crippen molar-refractivity contribution in [1.29, 1.82) is 0 Å². The molecular weight excluding hydrogens is 752 g/mol. The Morgan fingerprint density at radius 2 is 0.763 bits per heavy atom. The van der Waals surface area contributed by atoms with Crippen molar-refractivity contribution in [2.75, 3.05) is 13.2 Å². The lowest BCUT2D eigenvalue weighted by molar-refractivity contribution is 0.302. The maximum atomic E-state index is 10.7. The van der Waals surface area contributed by atoms with E-state index in [1.165, 1.54) is 161 Å². The van der Waals surface area contributed by atoms with Crippen LogP contribution in [0.2, 0.25) is 5.02 Å². The average Bonchev–Trinajstić information content (AvgIpc) is 3.23. The van der Waals surface area contributed by atoms with Crippen LogP contribution in [-0.2, 0) is 0 Å². The molecule has 3 rings (SSSR count). The molecule has 0 unspecified atom stereocenters. The number of halogens is 1. The summed E-state index contributed by atoms with van der Waals surface area (Å²) in [6, 6.07) is 15.9. The summed E-state index contributed by atoms with van der Waals surface area (Å²) in [6.07, 6.45) is 40.3. The summed E-state index contributed by atoms with van der Waals surface area (Å²) >= 11 is 6.32. The molecular formula is C52H79ClN2O4. The summed E-state index contributed by atoms with van der Waals surface area (Å²) < 4.78 is 11.9. The van der Waals surface area contributed by atoms with Crippen LogP contribution >= 0.6 is 11.6 Å². The number of ether oxygens (including phenoxy) is 2. The SMILES string of the molecule is CCCCCCCCCCCCCCCCOc1ccc(C=Nc2ccc(Cl)cc2N=Cc2ccc(OCCCCCCCCCCCCCCCC)cc2O)c(O)c1. The quantitative estimate of drug-likeness (QED) is 0.0452. The van der Waals surface area contributed by atoms with E-state index in [0.717, 1.165) is 19.3 Å². The molecule has 0 radical (unpaired) electrons. The van der Waals surface area contributed by atoms with E-state index in [9.17, 15) is 10.2 Å². The van der Waals surface area contributed by atoms with Crippen LogP contribution in [0.1, 0.15) is 205 Å². The fourth-order valence-electron chi connectivity index (χ4n) is 7.41. The van der Waals surface area contributed by atoms with E-state index in [1.54, 1.807) is 54.9 Å². The molecule has 0 bridgehead atoms. The van der Waals surface area contributed by atoms with Crippen LogP contribution in [0.5, 0.6) is 23.0 Å². The van der Waals surface area contributed by atoms with Gasteiger partial charge in [0.2, 0.25) is 0 Å². The number of aromatic hydroxyl groups is 2. The standard InChI is InChI=1S/C52H79ClN2O4/c1-3-5-7-9-11-13-15-17-19-21-23-25-27-29-37-58-47-34-31-44(51(56)40-47)42-54-49-36-33-46(53)39-50(49)55-43-45-32-35-48(41-52(45)57)59-38-30-28-26-24-22-20-18-16-14-12-10-8-6-4-2/h31-36,39-43,56-57H,3-30,37-38H2,1-2H3. The topological polar surface area (TPSA) is 83.6 Å². The lowest BCUT2D eigenvalue weighted by Gasteiger charge is -2.08. The Labute approximate surface area is 364 Å². The summed E-state index contributed by atoms with van der Waals surface area (Å²) in [4.78, 5) is 9.22. The first kappa shape index (κ1) is 49.8. The summed E-state index contributed by atoms with van der Waals surface area (Å²) in [6.45, 7) is 5.83. The number of hydrogen-bond donors (Lipinski definition) is 2. The minimum absolute atomic E-state index is 0.0934. The van der Waals surface area contributed by atoms with Gasteiger partial charge in [-0.15, -0.1) is 0 Å². The van der Waals surface area contributed by atoms with Crippen LogP contribution < -0.4 is 9.47 Å². The number of hydrogen-bond acceptors (Lipinski definition) is 6. The van der Waals surface area contributed by atoms with Crippen LogP contribution in [0.15, 0.2) is 64.6 Å². The molecule has 0 fully saturated rings. The van der Waals surface area contributed by atoms with Crippen molar-refractivity contribution in [3.05, 3.63) is 70.7 Å².